The summed E-state index contributed by atoms with van der Waals surface area (Å²) >= 11 is 0. The average molecular weight is 290 g/mol. The first-order valence-electron chi connectivity index (χ1n) is 7.86. The molecule has 2 rings (SSSR count). The van der Waals surface area contributed by atoms with Crippen molar-refractivity contribution in [1.82, 2.24) is 10.2 Å². The van der Waals surface area contributed by atoms with Crippen LogP contribution in [-0.2, 0) is 4.79 Å². The smallest absolute Gasteiger partial charge is 0.222 e. The first-order valence-corrected chi connectivity index (χ1v) is 7.86. The van der Waals surface area contributed by atoms with Crippen LogP contribution in [0.25, 0.3) is 0 Å². The second-order valence-corrected chi connectivity index (χ2v) is 5.82. The fourth-order valence-electron chi connectivity index (χ4n) is 2.59. The van der Waals surface area contributed by atoms with Gasteiger partial charge in [-0.25, -0.2) is 0 Å². The maximum Gasteiger partial charge on any atom is 0.222 e. The molecule has 1 N–H and O–H groups in total. The van der Waals surface area contributed by atoms with E-state index in [-0.39, 0.29) is 5.91 Å². The van der Waals surface area contributed by atoms with Crippen molar-refractivity contribution in [2.45, 2.75) is 39.2 Å². The molecular weight excluding hydrogens is 264 g/mol. The maximum atomic E-state index is 12.1. The second kappa shape index (κ2) is 8.03. The molecule has 1 aliphatic heterocycles. The van der Waals surface area contributed by atoms with Crippen molar-refractivity contribution >= 4 is 5.91 Å². The number of ether oxygens (including phenoxy) is 1. The molecule has 1 aromatic carbocycles. The Morgan fingerprint density at radius 1 is 1.43 bits per heavy atom. The first kappa shape index (κ1) is 15.8. The van der Waals surface area contributed by atoms with Crippen LogP contribution in [0, 0.1) is 6.92 Å². The molecule has 0 bridgehead atoms. The van der Waals surface area contributed by atoms with Gasteiger partial charge in [0.25, 0.3) is 0 Å². The van der Waals surface area contributed by atoms with Crippen LogP contribution in [0.1, 0.15) is 31.7 Å². The van der Waals surface area contributed by atoms with Crippen LogP contribution in [0.4, 0.5) is 0 Å². The molecule has 0 spiro atoms. The van der Waals surface area contributed by atoms with E-state index >= 15 is 0 Å². The van der Waals surface area contributed by atoms with E-state index in [1.54, 1.807) is 0 Å². The van der Waals surface area contributed by atoms with Gasteiger partial charge in [-0.1, -0.05) is 12.1 Å². The van der Waals surface area contributed by atoms with Crippen LogP contribution in [0.5, 0.6) is 5.75 Å². The third-order valence-corrected chi connectivity index (χ3v) is 3.76. The van der Waals surface area contributed by atoms with Gasteiger partial charge in [0.05, 0.1) is 6.61 Å². The zero-order valence-corrected chi connectivity index (χ0v) is 13.1. The summed E-state index contributed by atoms with van der Waals surface area (Å²) in [4.78, 5) is 14.1. The number of hydrogen-bond donors (Lipinski definition) is 1. The van der Waals surface area contributed by atoms with Gasteiger partial charge in [0.2, 0.25) is 5.91 Å². The molecule has 4 heteroatoms. The summed E-state index contributed by atoms with van der Waals surface area (Å²) in [6.07, 6.45) is 2.44. The lowest BCUT2D eigenvalue weighted by atomic mass is 10.2. The van der Waals surface area contributed by atoms with E-state index < -0.39 is 0 Å². The molecule has 1 heterocycles. The second-order valence-electron chi connectivity index (χ2n) is 5.82. The van der Waals surface area contributed by atoms with Crippen molar-refractivity contribution in [1.29, 1.82) is 0 Å². The predicted molar refractivity (Wildman–Crippen MR) is 84.6 cm³/mol. The lowest BCUT2D eigenvalue weighted by Gasteiger charge is -2.32. The van der Waals surface area contributed by atoms with Gasteiger partial charge in [-0.3, -0.25) is 4.79 Å². The zero-order valence-electron chi connectivity index (χ0n) is 13.1. The van der Waals surface area contributed by atoms with Gasteiger partial charge in [-0.15, -0.1) is 0 Å². The van der Waals surface area contributed by atoms with E-state index in [0.29, 0.717) is 19.1 Å². The van der Waals surface area contributed by atoms with Crippen LogP contribution >= 0.6 is 0 Å². The van der Waals surface area contributed by atoms with Crippen molar-refractivity contribution in [3.05, 3.63) is 29.8 Å². The molecule has 21 heavy (non-hydrogen) atoms. The summed E-state index contributed by atoms with van der Waals surface area (Å²) in [5.41, 5.74) is 1.20. The van der Waals surface area contributed by atoms with Crippen LogP contribution < -0.4 is 10.1 Å². The van der Waals surface area contributed by atoms with Crippen molar-refractivity contribution in [2.24, 2.45) is 0 Å². The van der Waals surface area contributed by atoms with Crippen molar-refractivity contribution in [2.75, 3.05) is 26.2 Å². The van der Waals surface area contributed by atoms with Gasteiger partial charge < -0.3 is 15.0 Å². The lowest BCUT2D eigenvalue weighted by molar-refractivity contribution is -0.132. The number of nitrogens with one attached hydrogen (secondary N) is 1. The molecule has 0 radical (unpaired) electrons. The third-order valence-electron chi connectivity index (χ3n) is 3.76. The molecule has 1 aliphatic rings. The molecule has 0 aromatic heterocycles. The highest BCUT2D eigenvalue weighted by Gasteiger charge is 2.19. The van der Waals surface area contributed by atoms with Crippen molar-refractivity contribution in [3.63, 3.8) is 0 Å². The van der Waals surface area contributed by atoms with Crippen LogP contribution in [-0.4, -0.2) is 43.1 Å². The minimum Gasteiger partial charge on any atom is -0.494 e. The highest BCUT2D eigenvalue weighted by molar-refractivity contribution is 5.76. The predicted octanol–water partition coefficient (Wildman–Crippen LogP) is 2.36. The van der Waals surface area contributed by atoms with Crippen LogP contribution in [0.15, 0.2) is 24.3 Å². The number of hydrogen-bond acceptors (Lipinski definition) is 3. The van der Waals surface area contributed by atoms with E-state index in [1.165, 1.54) is 5.56 Å². The lowest BCUT2D eigenvalue weighted by Crippen LogP contribution is -2.51. The molecule has 1 saturated heterocycles. The van der Waals surface area contributed by atoms with Gasteiger partial charge >= 0.3 is 0 Å². The number of nitrogens with zero attached hydrogens (tertiary/aromatic N) is 1. The number of carbonyl (C=O) groups excluding carboxylic acids is 1. The minimum atomic E-state index is 0.277. The Morgan fingerprint density at radius 2 is 2.29 bits per heavy atom. The molecule has 1 fully saturated rings. The number of aryl methyl sites for hydroxylation is 1. The zero-order chi connectivity index (χ0) is 15.1. The Morgan fingerprint density at radius 3 is 3.05 bits per heavy atom. The normalized spacial score (nSPS) is 18.6. The Bertz CT molecular complexity index is 462. The molecule has 1 unspecified atom stereocenters. The highest BCUT2D eigenvalue weighted by atomic mass is 16.5. The minimum absolute atomic E-state index is 0.277. The monoisotopic (exact) mass is 290 g/mol. The Balaban J connectivity index is 1.60. The molecule has 4 nitrogen and oxygen atoms in total. The molecule has 1 amide bonds. The Labute approximate surface area is 127 Å². The van der Waals surface area contributed by atoms with Crippen LogP contribution in [0.2, 0.25) is 0 Å². The summed E-state index contributed by atoms with van der Waals surface area (Å²) in [5.74, 6) is 1.19. The first-order chi connectivity index (χ1) is 10.1. The fraction of sp³-hybridized carbons (Fsp3) is 0.588. The van der Waals surface area contributed by atoms with Gasteiger partial charge in [0.15, 0.2) is 0 Å². The summed E-state index contributed by atoms with van der Waals surface area (Å²) < 4.78 is 5.70. The molecule has 116 valence electrons. The number of unbranched alkanes of at least 4 members (excludes halogenated alkanes) is 1. The fourth-order valence-corrected chi connectivity index (χ4v) is 2.59. The maximum absolute atomic E-state index is 12.1. The van der Waals surface area contributed by atoms with Gasteiger partial charge in [-0.2, -0.15) is 0 Å². The molecule has 1 aromatic rings. The van der Waals surface area contributed by atoms with E-state index in [1.807, 2.05) is 23.1 Å². The number of benzene rings is 1. The highest BCUT2D eigenvalue weighted by Crippen LogP contribution is 2.13. The number of carbonyl (C=O) groups is 1. The third kappa shape index (κ3) is 5.38. The quantitative estimate of drug-likeness (QED) is 0.818. The van der Waals surface area contributed by atoms with E-state index in [4.69, 9.17) is 4.74 Å². The molecule has 1 atom stereocenters. The number of rotatable bonds is 6. The van der Waals surface area contributed by atoms with Gasteiger partial charge in [0.1, 0.15) is 5.75 Å². The largest absolute Gasteiger partial charge is 0.494 e. The van der Waals surface area contributed by atoms with Gasteiger partial charge in [0, 0.05) is 32.1 Å². The summed E-state index contributed by atoms with van der Waals surface area (Å²) in [5, 5.41) is 3.35. The summed E-state index contributed by atoms with van der Waals surface area (Å²) in [6.45, 7) is 7.43. The van der Waals surface area contributed by atoms with E-state index in [9.17, 15) is 4.79 Å². The standard InChI is InChI=1S/C17H26N2O2/c1-14-6-5-7-16(12-14)21-11-4-3-8-17(20)19-10-9-18-15(2)13-19/h5-7,12,15,18H,3-4,8-11,13H2,1-2H3. The summed E-state index contributed by atoms with van der Waals surface area (Å²) in [7, 11) is 0. The molecular formula is C17H26N2O2. The Hall–Kier alpha value is -1.55. The van der Waals surface area contributed by atoms with Gasteiger partial charge in [-0.05, 0) is 44.4 Å². The number of piperazine rings is 1. The Kier molecular flexibility index (Phi) is 6.05. The summed E-state index contributed by atoms with van der Waals surface area (Å²) in [6, 6.07) is 8.47. The molecule has 0 saturated carbocycles. The molecule has 0 aliphatic carbocycles. The van der Waals surface area contributed by atoms with Crippen molar-refractivity contribution in [3.8, 4) is 5.75 Å². The van der Waals surface area contributed by atoms with E-state index in [2.05, 4.69) is 25.2 Å². The SMILES string of the molecule is Cc1cccc(OCCCCC(=O)N2CCNC(C)C2)c1. The van der Waals surface area contributed by atoms with E-state index in [0.717, 1.165) is 38.2 Å². The topological polar surface area (TPSA) is 41.6 Å². The number of amides is 1. The van der Waals surface area contributed by atoms with Crippen molar-refractivity contribution < 1.29 is 9.53 Å². The van der Waals surface area contributed by atoms with Crippen LogP contribution in [0.3, 0.4) is 0 Å². The average Bonchev–Trinajstić information content (AvgIpc) is 2.47.